The van der Waals surface area contributed by atoms with E-state index in [-0.39, 0.29) is 0 Å². The first-order chi connectivity index (χ1) is 9.78. The van der Waals surface area contributed by atoms with Crippen molar-refractivity contribution in [2.24, 2.45) is 0 Å². The van der Waals surface area contributed by atoms with Crippen molar-refractivity contribution in [1.82, 2.24) is 14.9 Å². The fraction of sp³-hybridized carbons (Fsp3) is 0.400. The molecule has 0 atom stereocenters. The number of hydrogen-bond acceptors (Lipinski definition) is 3. The Morgan fingerprint density at radius 1 is 1.40 bits per heavy atom. The molecule has 0 saturated carbocycles. The summed E-state index contributed by atoms with van der Waals surface area (Å²) >= 11 is 3.57. The Balaban J connectivity index is 1.67. The number of hydrogen-bond donors (Lipinski definition) is 1. The number of nitrogens with zero attached hydrogens (tertiary/aromatic N) is 2. The van der Waals surface area contributed by atoms with Crippen molar-refractivity contribution in [3.8, 4) is 5.75 Å². The van der Waals surface area contributed by atoms with Gasteiger partial charge in [-0.15, -0.1) is 0 Å². The molecule has 1 aromatic heterocycles. The van der Waals surface area contributed by atoms with Crippen LogP contribution in [-0.2, 0) is 26.1 Å². The van der Waals surface area contributed by atoms with Gasteiger partial charge in [0, 0.05) is 41.9 Å². The highest BCUT2D eigenvalue weighted by Gasteiger charge is 2.17. The first-order valence-electron chi connectivity index (χ1n) is 6.92. The van der Waals surface area contributed by atoms with Gasteiger partial charge in [0.1, 0.15) is 11.6 Å². The highest BCUT2D eigenvalue weighted by Crippen LogP contribution is 2.32. The largest absolute Gasteiger partial charge is 0.493 e. The lowest BCUT2D eigenvalue weighted by Gasteiger charge is -2.11. The minimum atomic E-state index is 0.766. The summed E-state index contributed by atoms with van der Waals surface area (Å²) in [5.41, 5.74) is 2.51. The molecule has 1 aliphatic heterocycles. The lowest BCUT2D eigenvalue weighted by Crippen LogP contribution is -2.16. The minimum Gasteiger partial charge on any atom is -0.493 e. The highest BCUT2D eigenvalue weighted by molar-refractivity contribution is 9.10. The summed E-state index contributed by atoms with van der Waals surface area (Å²) in [5, 5.41) is 3.45. The molecule has 2 aromatic rings. The molecule has 0 aliphatic carbocycles. The van der Waals surface area contributed by atoms with Crippen LogP contribution in [0.2, 0.25) is 0 Å². The van der Waals surface area contributed by atoms with Crippen molar-refractivity contribution in [2.75, 3.05) is 6.61 Å². The number of halogens is 1. The van der Waals surface area contributed by atoms with Crippen molar-refractivity contribution in [3.63, 3.8) is 0 Å². The Morgan fingerprint density at radius 2 is 2.30 bits per heavy atom. The molecule has 3 rings (SSSR count). The number of nitrogens with one attached hydrogen (secondary N) is 1. The Hall–Kier alpha value is -1.33. The molecule has 1 aliphatic rings. The maximum absolute atomic E-state index is 5.74. The number of ether oxygens (including phenoxy) is 1. The lowest BCUT2D eigenvalue weighted by atomic mass is 10.1. The van der Waals surface area contributed by atoms with Crippen LogP contribution in [-0.4, -0.2) is 16.2 Å². The van der Waals surface area contributed by atoms with Crippen LogP contribution in [0.1, 0.15) is 23.9 Å². The summed E-state index contributed by atoms with van der Waals surface area (Å²) in [6.07, 6.45) is 4.86. The van der Waals surface area contributed by atoms with Gasteiger partial charge in [-0.2, -0.15) is 0 Å². The number of rotatable bonds is 5. The maximum Gasteiger partial charge on any atom is 0.127 e. The van der Waals surface area contributed by atoms with E-state index in [1.54, 1.807) is 0 Å². The van der Waals surface area contributed by atoms with Crippen molar-refractivity contribution in [3.05, 3.63) is 46.0 Å². The van der Waals surface area contributed by atoms with E-state index in [1.807, 2.05) is 12.4 Å². The maximum atomic E-state index is 5.74. The van der Waals surface area contributed by atoms with Crippen molar-refractivity contribution >= 4 is 15.9 Å². The van der Waals surface area contributed by atoms with E-state index in [9.17, 15) is 0 Å². The number of imidazole rings is 1. The van der Waals surface area contributed by atoms with Crippen LogP contribution in [0.15, 0.2) is 29.0 Å². The van der Waals surface area contributed by atoms with Crippen molar-refractivity contribution in [1.29, 1.82) is 0 Å². The van der Waals surface area contributed by atoms with E-state index in [2.05, 4.69) is 49.9 Å². The van der Waals surface area contributed by atoms with Gasteiger partial charge in [-0.05, 0) is 24.6 Å². The molecule has 0 saturated heterocycles. The van der Waals surface area contributed by atoms with E-state index in [1.165, 1.54) is 11.1 Å². The molecule has 2 heterocycles. The zero-order chi connectivity index (χ0) is 13.9. The van der Waals surface area contributed by atoms with Crippen LogP contribution < -0.4 is 10.1 Å². The second kappa shape index (κ2) is 5.97. The third-order valence-electron chi connectivity index (χ3n) is 3.57. The molecule has 1 aromatic carbocycles. The monoisotopic (exact) mass is 335 g/mol. The summed E-state index contributed by atoms with van der Waals surface area (Å²) < 4.78 is 9.00. The summed E-state index contributed by atoms with van der Waals surface area (Å²) in [6.45, 7) is 5.42. The Labute approximate surface area is 127 Å². The molecule has 0 radical (unpaired) electrons. The standard InChI is InChI=1S/C15H18BrN3O/c1-2-19-5-4-18-14(19)10-17-9-12-8-13(16)7-11-3-6-20-15(11)12/h4-5,7-8,17H,2-3,6,9-10H2,1H3. The van der Waals surface area contributed by atoms with E-state index >= 15 is 0 Å². The smallest absolute Gasteiger partial charge is 0.127 e. The van der Waals surface area contributed by atoms with Crippen LogP contribution in [0.3, 0.4) is 0 Å². The van der Waals surface area contributed by atoms with Crippen molar-refractivity contribution < 1.29 is 4.74 Å². The molecule has 5 heteroatoms. The van der Waals surface area contributed by atoms with Gasteiger partial charge in [0.2, 0.25) is 0 Å². The van der Waals surface area contributed by atoms with Crippen LogP contribution in [0.4, 0.5) is 0 Å². The first kappa shape index (κ1) is 13.6. The quantitative estimate of drug-likeness (QED) is 0.913. The Bertz CT molecular complexity index is 609. The number of aromatic nitrogens is 2. The van der Waals surface area contributed by atoms with Crippen LogP contribution in [0, 0.1) is 0 Å². The third-order valence-corrected chi connectivity index (χ3v) is 4.02. The summed E-state index contributed by atoms with van der Waals surface area (Å²) in [5.74, 6) is 2.12. The van der Waals surface area contributed by atoms with Gasteiger partial charge in [0.25, 0.3) is 0 Å². The predicted molar refractivity (Wildman–Crippen MR) is 81.8 cm³/mol. The fourth-order valence-electron chi connectivity index (χ4n) is 2.58. The van der Waals surface area contributed by atoms with Gasteiger partial charge in [-0.3, -0.25) is 0 Å². The molecule has 0 fully saturated rings. The highest BCUT2D eigenvalue weighted by atomic mass is 79.9. The lowest BCUT2D eigenvalue weighted by molar-refractivity contribution is 0.352. The second-order valence-corrected chi connectivity index (χ2v) is 5.80. The molecular formula is C15H18BrN3O. The van der Waals surface area contributed by atoms with Crippen LogP contribution in [0.25, 0.3) is 0 Å². The number of aryl methyl sites for hydroxylation is 1. The average molecular weight is 336 g/mol. The van der Waals surface area contributed by atoms with Crippen LogP contribution in [0.5, 0.6) is 5.75 Å². The van der Waals surface area contributed by atoms with Gasteiger partial charge in [-0.25, -0.2) is 4.98 Å². The van der Waals surface area contributed by atoms with Gasteiger partial charge in [0.15, 0.2) is 0 Å². The molecule has 0 spiro atoms. The first-order valence-corrected chi connectivity index (χ1v) is 7.72. The third kappa shape index (κ3) is 2.74. The molecule has 4 nitrogen and oxygen atoms in total. The summed E-state index contributed by atoms with van der Waals surface area (Å²) in [6, 6.07) is 4.28. The van der Waals surface area contributed by atoms with E-state index in [0.717, 1.165) is 48.7 Å². The van der Waals surface area contributed by atoms with Gasteiger partial charge in [-0.1, -0.05) is 15.9 Å². The zero-order valence-electron chi connectivity index (χ0n) is 11.5. The molecule has 1 N–H and O–H groups in total. The molecule has 20 heavy (non-hydrogen) atoms. The predicted octanol–water partition coefficient (Wildman–Crippen LogP) is 2.89. The number of benzene rings is 1. The molecular weight excluding hydrogens is 318 g/mol. The SMILES string of the molecule is CCn1ccnc1CNCc1cc(Br)cc2c1OCC2. The van der Waals surface area contributed by atoms with Crippen molar-refractivity contribution in [2.45, 2.75) is 33.0 Å². The topological polar surface area (TPSA) is 39.1 Å². The fourth-order valence-corrected chi connectivity index (χ4v) is 3.13. The van der Waals surface area contributed by atoms with Gasteiger partial charge >= 0.3 is 0 Å². The molecule has 0 bridgehead atoms. The van der Waals surface area contributed by atoms with Gasteiger partial charge < -0.3 is 14.6 Å². The van der Waals surface area contributed by atoms with E-state index in [4.69, 9.17) is 4.74 Å². The Kier molecular flexibility index (Phi) is 4.08. The second-order valence-electron chi connectivity index (χ2n) is 4.88. The minimum absolute atomic E-state index is 0.766. The van der Waals surface area contributed by atoms with Crippen LogP contribution >= 0.6 is 15.9 Å². The normalized spacial score (nSPS) is 13.3. The van der Waals surface area contributed by atoms with Gasteiger partial charge in [0.05, 0.1) is 13.2 Å². The van der Waals surface area contributed by atoms with E-state index < -0.39 is 0 Å². The molecule has 106 valence electrons. The summed E-state index contributed by atoms with van der Waals surface area (Å²) in [7, 11) is 0. The molecule has 0 amide bonds. The van der Waals surface area contributed by atoms with E-state index in [0.29, 0.717) is 0 Å². The Morgan fingerprint density at radius 3 is 3.15 bits per heavy atom. The average Bonchev–Trinajstić information content (AvgIpc) is 3.06. The molecule has 0 unspecified atom stereocenters. The summed E-state index contributed by atoms with van der Waals surface area (Å²) in [4.78, 5) is 4.37. The number of fused-ring (bicyclic) bond motifs is 1. The zero-order valence-corrected chi connectivity index (χ0v) is 13.1.